The fourth-order valence-corrected chi connectivity index (χ4v) is 6.91. The first-order valence-electron chi connectivity index (χ1n) is 12.0. The van der Waals surface area contributed by atoms with Gasteiger partial charge in [0.05, 0.1) is 5.60 Å². The van der Waals surface area contributed by atoms with Crippen LogP contribution in [-0.2, 0) is 4.79 Å². The smallest absolute Gasteiger partial charge is 0.156 e. The lowest BCUT2D eigenvalue weighted by Gasteiger charge is -2.51. The van der Waals surface area contributed by atoms with E-state index in [-0.39, 0.29) is 16.7 Å². The monoisotopic (exact) mass is 408 g/mol. The van der Waals surface area contributed by atoms with E-state index >= 15 is 0 Å². The van der Waals surface area contributed by atoms with Gasteiger partial charge in [0.1, 0.15) is 0 Å². The van der Waals surface area contributed by atoms with Crippen molar-refractivity contribution in [3.63, 3.8) is 0 Å². The van der Waals surface area contributed by atoms with Crippen molar-refractivity contribution < 1.29 is 9.90 Å². The van der Waals surface area contributed by atoms with E-state index in [9.17, 15) is 9.90 Å². The Hall–Kier alpha value is -1.41. The number of allylic oxidation sites excluding steroid dienone is 7. The topological polar surface area (TPSA) is 37.3 Å². The Kier molecular flexibility index (Phi) is 5.33. The Morgan fingerprint density at radius 3 is 2.50 bits per heavy atom. The molecule has 0 aromatic rings. The van der Waals surface area contributed by atoms with Crippen LogP contribution in [0.2, 0.25) is 0 Å². The molecule has 4 aliphatic rings. The van der Waals surface area contributed by atoms with Crippen LogP contribution in [0.3, 0.4) is 0 Å². The highest BCUT2D eigenvalue weighted by molar-refractivity contribution is 5.92. The second-order valence-electron chi connectivity index (χ2n) is 11.6. The minimum absolute atomic E-state index is 0.137. The molecule has 0 aliphatic heterocycles. The maximum atomic E-state index is 12.0. The Morgan fingerprint density at radius 1 is 1.07 bits per heavy atom. The molecule has 1 fully saturated rings. The molecule has 0 aromatic heterocycles. The van der Waals surface area contributed by atoms with Gasteiger partial charge in [-0.1, -0.05) is 57.6 Å². The molecule has 1 N–H and O–H groups in total. The van der Waals surface area contributed by atoms with E-state index in [4.69, 9.17) is 0 Å². The molecule has 1 saturated carbocycles. The van der Waals surface area contributed by atoms with Crippen LogP contribution in [0.5, 0.6) is 0 Å². The molecular formula is C28H40O2. The number of aliphatic hydroxyl groups is 1. The van der Waals surface area contributed by atoms with Crippen molar-refractivity contribution in [2.75, 3.05) is 0 Å². The minimum Gasteiger partial charge on any atom is -0.390 e. The predicted octanol–water partition coefficient (Wildman–Crippen LogP) is 6.57. The summed E-state index contributed by atoms with van der Waals surface area (Å²) in [5, 5.41) is 10.3. The van der Waals surface area contributed by atoms with Crippen LogP contribution in [0, 0.1) is 34.5 Å². The Labute approximate surface area is 183 Å². The number of hydrogen-bond donors (Lipinski definition) is 1. The summed E-state index contributed by atoms with van der Waals surface area (Å²) in [7, 11) is 0. The van der Waals surface area contributed by atoms with Gasteiger partial charge in [0, 0.05) is 12.3 Å². The number of fused-ring (bicyclic) bond motifs is 4. The normalized spacial score (nSPS) is 38.2. The Bertz CT molecular complexity index is 848. The van der Waals surface area contributed by atoms with Gasteiger partial charge in [-0.2, -0.15) is 0 Å². The summed E-state index contributed by atoms with van der Waals surface area (Å²) in [5.41, 5.74) is 4.31. The van der Waals surface area contributed by atoms with Gasteiger partial charge in [0.2, 0.25) is 0 Å². The van der Waals surface area contributed by atoms with Crippen molar-refractivity contribution in [3.05, 3.63) is 47.1 Å². The molecule has 0 heterocycles. The first-order valence-corrected chi connectivity index (χ1v) is 12.0. The first kappa shape index (κ1) is 21.8. The van der Waals surface area contributed by atoms with Crippen LogP contribution in [0.1, 0.15) is 80.1 Å². The average molecular weight is 409 g/mol. The van der Waals surface area contributed by atoms with Crippen LogP contribution >= 0.6 is 0 Å². The number of ketones is 1. The lowest BCUT2D eigenvalue weighted by atomic mass is 9.53. The van der Waals surface area contributed by atoms with Crippen molar-refractivity contribution in [1.29, 1.82) is 0 Å². The summed E-state index contributed by atoms with van der Waals surface area (Å²) in [5.74, 6) is 2.20. The SMILES string of the molecule is CC(/C=C/[C@@H](C)[C@H]1CCC2=C3C=CC4=CC(=O)CC[C@]4(C)[C@H]3CC[C@@]21C)C(C)(C)O. The Morgan fingerprint density at radius 2 is 1.80 bits per heavy atom. The summed E-state index contributed by atoms with van der Waals surface area (Å²) in [6.45, 7) is 13.2. The summed E-state index contributed by atoms with van der Waals surface area (Å²) < 4.78 is 0. The molecule has 0 bridgehead atoms. The predicted molar refractivity (Wildman–Crippen MR) is 124 cm³/mol. The molecule has 4 rings (SSSR count). The highest BCUT2D eigenvalue weighted by Crippen LogP contribution is 2.63. The number of carbonyl (C=O) groups excluding carboxylic acids is 1. The van der Waals surface area contributed by atoms with E-state index in [1.54, 1.807) is 11.1 Å². The molecule has 1 unspecified atom stereocenters. The van der Waals surface area contributed by atoms with Gasteiger partial charge in [0.25, 0.3) is 0 Å². The third kappa shape index (κ3) is 3.40. The lowest BCUT2D eigenvalue weighted by molar-refractivity contribution is -0.116. The zero-order valence-corrected chi connectivity index (χ0v) is 19.8. The van der Waals surface area contributed by atoms with Crippen molar-refractivity contribution >= 4 is 5.78 Å². The van der Waals surface area contributed by atoms with Crippen LogP contribution in [0.25, 0.3) is 0 Å². The van der Waals surface area contributed by atoms with E-state index < -0.39 is 5.60 Å². The first-order chi connectivity index (χ1) is 14.0. The van der Waals surface area contributed by atoms with Crippen molar-refractivity contribution in [2.24, 2.45) is 34.5 Å². The highest BCUT2D eigenvalue weighted by atomic mass is 16.3. The molecule has 6 atom stereocenters. The fourth-order valence-electron chi connectivity index (χ4n) is 6.91. The van der Waals surface area contributed by atoms with Crippen LogP contribution in [0.15, 0.2) is 47.1 Å². The maximum Gasteiger partial charge on any atom is 0.156 e. The van der Waals surface area contributed by atoms with Gasteiger partial charge >= 0.3 is 0 Å². The zero-order valence-electron chi connectivity index (χ0n) is 19.8. The van der Waals surface area contributed by atoms with Gasteiger partial charge < -0.3 is 5.11 Å². The molecule has 0 aromatic carbocycles. The summed E-state index contributed by atoms with van der Waals surface area (Å²) in [6.07, 6.45) is 17.8. The number of rotatable bonds is 4. The molecule has 2 heteroatoms. The Balaban J connectivity index is 1.64. The second kappa shape index (κ2) is 7.33. The molecular weight excluding hydrogens is 368 g/mol. The van der Waals surface area contributed by atoms with Gasteiger partial charge in [0.15, 0.2) is 5.78 Å². The lowest BCUT2D eigenvalue weighted by Crippen LogP contribution is -2.41. The minimum atomic E-state index is -0.671. The number of carbonyl (C=O) groups is 1. The molecule has 30 heavy (non-hydrogen) atoms. The molecule has 0 radical (unpaired) electrons. The van der Waals surface area contributed by atoms with E-state index in [2.05, 4.69) is 52.0 Å². The molecule has 0 saturated heterocycles. The van der Waals surface area contributed by atoms with E-state index in [1.807, 2.05) is 19.9 Å². The molecule has 0 amide bonds. The summed E-state index contributed by atoms with van der Waals surface area (Å²) in [4.78, 5) is 12.0. The van der Waals surface area contributed by atoms with Gasteiger partial charge in [-0.3, -0.25) is 4.79 Å². The molecule has 0 spiro atoms. The maximum absolute atomic E-state index is 12.0. The largest absolute Gasteiger partial charge is 0.390 e. The quantitative estimate of drug-likeness (QED) is 0.534. The molecule has 164 valence electrons. The third-order valence-electron chi connectivity index (χ3n) is 9.42. The van der Waals surface area contributed by atoms with E-state index in [1.165, 1.54) is 31.3 Å². The van der Waals surface area contributed by atoms with Crippen LogP contribution < -0.4 is 0 Å². The van der Waals surface area contributed by atoms with Gasteiger partial charge in [-0.15, -0.1) is 0 Å². The van der Waals surface area contributed by atoms with Crippen molar-refractivity contribution in [1.82, 2.24) is 0 Å². The molecule has 4 aliphatic carbocycles. The standard InChI is InChI=1S/C28H40O2/c1-18(7-8-19(2)26(3,4)30)23-11-12-24-22-10-9-20-17-21(29)13-15-27(20,5)25(22)14-16-28(23,24)6/h7-10,17-19,23,25,30H,11-16H2,1-6H3/b8-7+/t18-,19?,23-,25+,27+,28-/m1/s1. The third-order valence-corrected chi connectivity index (χ3v) is 9.42. The number of hydrogen-bond acceptors (Lipinski definition) is 2. The average Bonchev–Trinajstić information content (AvgIpc) is 3.03. The fraction of sp³-hybridized carbons (Fsp3) is 0.679. The summed E-state index contributed by atoms with van der Waals surface area (Å²) >= 11 is 0. The van der Waals surface area contributed by atoms with Gasteiger partial charge in [-0.05, 0) is 91.8 Å². The summed E-state index contributed by atoms with van der Waals surface area (Å²) in [6, 6.07) is 0. The van der Waals surface area contributed by atoms with Crippen molar-refractivity contribution in [2.45, 2.75) is 85.7 Å². The van der Waals surface area contributed by atoms with E-state index in [0.717, 1.165) is 6.42 Å². The second-order valence-corrected chi connectivity index (χ2v) is 11.6. The van der Waals surface area contributed by atoms with Crippen LogP contribution in [-0.4, -0.2) is 16.5 Å². The van der Waals surface area contributed by atoms with Crippen LogP contribution in [0.4, 0.5) is 0 Å². The zero-order chi connectivity index (χ0) is 21.9. The van der Waals surface area contributed by atoms with Gasteiger partial charge in [-0.25, -0.2) is 0 Å². The highest BCUT2D eigenvalue weighted by Gasteiger charge is 2.53. The van der Waals surface area contributed by atoms with E-state index in [0.29, 0.717) is 30.0 Å². The van der Waals surface area contributed by atoms with Crippen molar-refractivity contribution in [3.8, 4) is 0 Å². The molecule has 2 nitrogen and oxygen atoms in total.